The maximum absolute atomic E-state index is 11.4. The van der Waals surface area contributed by atoms with Crippen LogP contribution in [0, 0.1) is 18.3 Å². The summed E-state index contributed by atoms with van der Waals surface area (Å²) in [6, 6.07) is -1.78. The fourth-order valence-electron chi connectivity index (χ4n) is 0.994. The summed E-state index contributed by atoms with van der Waals surface area (Å²) in [6.45, 7) is 3.40. The molecule has 84 valence electrons. The molecule has 15 heavy (non-hydrogen) atoms. The summed E-state index contributed by atoms with van der Waals surface area (Å²) < 4.78 is 0. The number of hydrogen-bond acceptors (Lipinski definition) is 3. The van der Waals surface area contributed by atoms with Gasteiger partial charge in [-0.25, -0.2) is 4.79 Å². The molecule has 1 amide bonds. The number of carbonyl (C=O) groups excluding carboxylic acids is 1. The van der Waals surface area contributed by atoms with Gasteiger partial charge >= 0.3 is 5.97 Å². The van der Waals surface area contributed by atoms with Gasteiger partial charge in [-0.3, -0.25) is 4.79 Å². The molecule has 0 aromatic carbocycles. The Morgan fingerprint density at radius 2 is 2.07 bits per heavy atom. The van der Waals surface area contributed by atoms with Gasteiger partial charge in [0.25, 0.3) is 0 Å². The number of terminal acetylenes is 1. The van der Waals surface area contributed by atoms with E-state index in [0.717, 1.165) is 0 Å². The molecule has 0 rings (SSSR count). The minimum absolute atomic E-state index is 0.0935. The second-order valence-corrected chi connectivity index (χ2v) is 3.58. The minimum Gasteiger partial charge on any atom is -0.480 e. The molecular formula is C10H16N2O3. The summed E-state index contributed by atoms with van der Waals surface area (Å²) in [5, 5.41) is 11.1. The van der Waals surface area contributed by atoms with Crippen LogP contribution in [0.1, 0.15) is 20.3 Å². The Hall–Kier alpha value is -1.54. The first-order valence-electron chi connectivity index (χ1n) is 4.62. The van der Waals surface area contributed by atoms with E-state index in [-0.39, 0.29) is 12.3 Å². The molecule has 0 spiro atoms. The monoisotopic (exact) mass is 212 g/mol. The highest BCUT2D eigenvalue weighted by Crippen LogP contribution is 2.02. The van der Waals surface area contributed by atoms with Crippen molar-refractivity contribution in [2.75, 3.05) is 0 Å². The molecule has 5 nitrogen and oxygen atoms in total. The summed E-state index contributed by atoms with van der Waals surface area (Å²) in [5.74, 6) is 0.432. The van der Waals surface area contributed by atoms with Gasteiger partial charge in [-0.1, -0.05) is 13.8 Å². The van der Waals surface area contributed by atoms with E-state index in [2.05, 4.69) is 11.2 Å². The Kier molecular flexibility index (Phi) is 5.42. The van der Waals surface area contributed by atoms with E-state index in [4.69, 9.17) is 17.3 Å². The molecule has 0 aliphatic carbocycles. The first kappa shape index (κ1) is 13.5. The molecule has 0 aromatic rings. The number of aliphatic carboxylic acids is 1. The second kappa shape index (κ2) is 6.04. The van der Waals surface area contributed by atoms with Gasteiger partial charge in [0.15, 0.2) is 0 Å². The van der Waals surface area contributed by atoms with Gasteiger partial charge in [-0.15, -0.1) is 12.3 Å². The van der Waals surface area contributed by atoms with Gasteiger partial charge in [-0.2, -0.15) is 0 Å². The highest BCUT2D eigenvalue weighted by atomic mass is 16.4. The third kappa shape index (κ3) is 4.47. The summed E-state index contributed by atoms with van der Waals surface area (Å²) in [5.41, 5.74) is 5.43. The lowest BCUT2D eigenvalue weighted by Crippen LogP contribution is -2.50. The number of nitrogens with two attached hydrogens (primary N) is 1. The highest BCUT2D eigenvalue weighted by Gasteiger charge is 2.25. The number of carboxylic acids is 1. The van der Waals surface area contributed by atoms with Crippen LogP contribution in [0.5, 0.6) is 0 Å². The molecule has 5 heteroatoms. The molecule has 0 radical (unpaired) electrons. The summed E-state index contributed by atoms with van der Waals surface area (Å²) >= 11 is 0. The zero-order valence-corrected chi connectivity index (χ0v) is 8.86. The topological polar surface area (TPSA) is 92.4 Å². The van der Waals surface area contributed by atoms with Gasteiger partial charge in [0.05, 0.1) is 6.04 Å². The maximum atomic E-state index is 11.4. The van der Waals surface area contributed by atoms with E-state index >= 15 is 0 Å². The predicted octanol–water partition coefficient (Wildman–Crippen LogP) is -0.438. The number of amides is 1. The van der Waals surface area contributed by atoms with Crippen LogP contribution < -0.4 is 11.1 Å². The standard InChI is InChI=1S/C10H16N2O3/c1-4-5-7(11)9(13)12-8(6(2)3)10(14)15/h1,6-8H,5,11H2,2-3H3,(H,12,13)(H,14,15)/t7?,8-/m0/s1. The lowest BCUT2D eigenvalue weighted by molar-refractivity contribution is -0.143. The first-order chi connectivity index (χ1) is 6.90. The molecule has 0 aliphatic rings. The molecule has 0 fully saturated rings. The second-order valence-electron chi connectivity index (χ2n) is 3.58. The van der Waals surface area contributed by atoms with Crippen LogP contribution in [0.2, 0.25) is 0 Å². The van der Waals surface area contributed by atoms with Crippen LogP contribution >= 0.6 is 0 Å². The first-order valence-corrected chi connectivity index (χ1v) is 4.62. The van der Waals surface area contributed by atoms with E-state index in [1.165, 1.54) is 0 Å². The number of hydrogen-bond donors (Lipinski definition) is 3. The fourth-order valence-corrected chi connectivity index (χ4v) is 0.994. The van der Waals surface area contributed by atoms with Crippen molar-refractivity contribution in [3.63, 3.8) is 0 Å². The van der Waals surface area contributed by atoms with Gasteiger partial charge in [0, 0.05) is 6.42 Å². The van der Waals surface area contributed by atoms with Crippen molar-refractivity contribution in [3.8, 4) is 12.3 Å². The fraction of sp³-hybridized carbons (Fsp3) is 0.600. The average molecular weight is 212 g/mol. The third-order valence-electron chi connectivity index (χ3n) is 1.91. The lowest BCUT2D eigenvalue weighted by atomic mass is 10.0. The largest absolute Gasteiger partial charge is 0.480 e. The Morgan fingerprint density at radius 1 is 1.53 bits per heavy atom. The van der Waals surface area contributed by atoms with Crippen LogP contribution in [0.3, 0.4) is 0 Å². The predicted molar refractivity (Wildman–Crippen MR) is 55.8 cm³/mol. The molecule has 0 heterocycles. The maximum Gasteiger partial charge on any atom is 0.326 e. The van der Waals surface area contributed by atoms with Crippen LogP contribution in [-0.4, -0.2) is 29.1 Å². The van der Waals surface area contributed by atoms with Crippen LogP contribution in [0.15, 0.2) is 0 Å². The molecule has 0 aliphatic heterocycles. The number of rotatable bonds is 5. The van der Waals surface area contributed by atoms with E-state index in [0.29, 0.717) is 0 Å². The van der Waals surface area contributed by atoms with Gasteiger partial charge in [0.2, 0.25) is 5.91 Å². The molecule has 4 N–H and O–H groups in total. The quantitative estimate of drug-likeness (QED) is 0.539. The smallest absolute Gasteiger partial charge is 0.326 e. The molecule has 1 unspecified atom stereocenters. The Bertz CT molecular complexity index is 281. The van der Waals surface area contributed by atoms with Crippen molar-refractivity contribution in [3.05, 3.63) is 0 Å². The van der Waals surface area contributed by atoms with Crippen LogP contribution in [0.25, 0.3) is 0 Å². The Balaban J connectivity index is 4.37. The van der Waals surface area contributed by atoms with Crippen molar-refractivity contribution >= 4 is 11.9 Å². The highest BCUT2D eigenvalue weighted by molar-refractivity contribution is 5.87. The van der Waals surface area contributed by atoms with Crippen molar-refractivity contribution in [2.45, 2.75) is 32.4 Å². The Morgan fingerprint density at radius 3 is 2.40 bits per heavy atom. The zero-order chi connectivity index (χ0) is 12.0. The lowest BCUT2D eigenvalue weighted by Gasteiger charge is -2.19. The molecule has 0 bridgehead atoms. The molecule has 2 atom stereocenters. The van der Waals surface area contributed by atoms with Crippen molar-refractivity contribution < 1.29 is 14.7 Å². The normalized spacial score (nSPS) is 14.1. The van der Waals surface area contributed by atoms with E-state index in [1.807, 2.05) is 0 Å². The SMILES string of the molecule is C#CCC(N)C(=O)N[C@H](C(=O)O)C(C)C. The van der Waals surface area contributed by atoms with Crippen LogP contribution in [-0.2, 0) is 9.59 Å². The molecular weight excluding hydrogens is 196 g/mol. The summed E-state index contributed by atoms with van der Waals surface area (Å²) in [7, 11) is 0. The Labute approximate surface area is 89.0 Å². The molecule has 0 saturated carbocycles. The van der Waals surface area contributed by atoms with E-state index in [1.54, 1.807) is 13.8 Å². The van der Waals surface area contributed by atoms with E-state index in [9.17, 15) is 9.59 Å². The number of nitrogens with one attached hydrogen (secondary N) is 1. The van der Waals surface area contributed by atoms with E-state index < -0.39 is 24.0 Å². The van der Waals surface area contributed by atoms with Crippen LogP contribution in [0.4, 0.5) is 0 Å². The van der Waals surface area contributed by atoms with Crippen molar-refractivity contribution in [1.82, 2.24) is 5.32 Å². The number of carbonyl (C=O) groups is 2. The minimum atomic E-state index is -1.08. The van der Waals surface area contributed by atoms with Crippen molar-refractivity contribution in [2.24, 2.45) is 11.7 Å². The number of carboxylic acid groups (broad SMARTS) is 1. The summed E-state index contributed by atoms with van der Waals surface area (Å²) in [6.07, 6.45) is 5.08. The third-order valence-corrected chi connectivity index (χ3v) is 1.91. The molecule has 0 aromatic heterocycles. The van der Waals surface area contributed by atoms with Gasteiger partial charge < -0.3 is 16.2 Å². The molecule has 0 saturated heterocycles. The average Bonchev–Trinajstić information content (AvgIpc) is 2.12. The zero-order valence-electron chi connectivity index (χ0n) is 8.86. The van der Waals surface area contributed by atoms with Crippen molar-refractivity contribution in [1.29, 1.82) is 0 Å². The van der Waals surface area contributed by atoms with Gasteiger partial charge in [0.1, 0.15) is 6.04 Å². The summed E-state index contributed by atoms with van der Waals surface area (Å²) in [4.78, 5) is 22.1. The van der Waals surface area contributed by atoms with Gasteiger partial charge in [-0.05, 0) is 5.92 Å².